The predicted molar refractivity (Wildman–Crippen MR) is 105 cm³/mol. The highest BCUT2D eigenvalue weighted by Gasteiger charge is 2.37. The number of likely N-dealkylation sites (tertiary alicyclic amines) is 1. The number of amides is 1. The van der Waals surface area contributed by atoms with E-state index in [-0.39, 0.29) is 42.8 Å². The van der Waals surface area contributed by atoms with Crippen molar-refractivity contribution in [1.82, 2.24) is 15.0 Å². The van der Waals surface area contributed by atoms with Crippen LogP contribution in [0.5, 0.6) is 5.75 Å². The fraction of sp³-hybridized carbons (Fsp3) is 0.318. The molecule has 3 aromatic rings. The molecule has 0 spiro atoms. The van der Waals surface area contributed by atoms with Crippen LogP contribution >= 0.6 is 0 Å². The number of ether oxygens (including phenoxy) is 1. The maximum Gasteiger partial charge on any atom is 0.416 e. The fourth-order valence-electron chi connectivity index (χ4n) is 3.64. The Bertz CT molecular complexity index is 1080. The van der Waals surface area contributed by atoms with Crippen molar-refractivity contribution >= 4 is 5.91 Å². The highest BCUT2D eigenvalue weighted by Crippen LogP contribution is 2.35. The highest BCUT2D eigenvalue weighted by atomic mass is 19.4. The van der Waals surface area contributed by atoms with Crippen LogP contribution in [-0.2, 0) is 17.5 Å². The molecule has 6 nitrogen and oxygen atoms in total. The monoisotopic (exact) mass is 431 g/mol. The SMILES string of the molecule is CCOc1cccc(-c2noc(C3CC(=O)N(Cc4ccccc4C(F)(F)F)C3)n2)c1. The van der Waals surface area contributed by atoms with E-state index in [1.807, 2.05) is 25.1 Å². The van der Waals surface area contributed by atoms with Crippen molar-refractivity contribution in [2.75, 3.05) is 13.2 Å². The average molecular weight is 431 g/mol. The number of nitrogens with zero attached hydrogens (tertiary/aromatic N) is 3. The van der Waals surface area contributed by atoms with Gasteiger partial charge in [0.05, 0.1) is 18.1 Å². The normalized spacial score (nSPS) is 16.7. The van der Waals surface area contributed by atoms with Crippen molar-refractivity contribution in [3.63, 3.8) is 0 Å². The lowest BCUT2D eigenvalue weighted by atomic mass is 10.1. The molecule has 1 aromatic heterocycles. The highest BCUT2D eigenvalue weighted by molar-refractivity contribution is 5.79. The van der Waals surface area contributed by atoms with Gasteiger partial charge >= 0.3 is 6.18 Å². The predicted octanol–water partition coefficient (Wildman–Crippen LogP) is 4.67. The van der Waals surface area contributed by atoms with Gasteiger partial charge in [-0.2, -0.15) is 18.2 Å². The summed E-state index contributed by atoms with van der Waals surface area (Å²) in [6, 6.07) is 12.5. The molecule has 0 bridgehead atoms. The zero-order valence-electron chi connectivity index (χ0n) is 16.7. The van der Waals surface area contributed by atoms with Gasteiger partial charge < -0.3 is 14.2 Å². The molecule has 1 aliphatic rings. The number of carbonyl (C=O) groups is 1. The summed E-state index contributed by atoms with van der Waals surface area (Å²) in [5.74, 6) is 0.709. The molecule has 31 heavy (non-hydrogen) atoms. The van der Waals surface area contributed by atoms with E-state index < -0.39 is 11.7 Å². The molecule has 4 rings (SSSR count). The van der Waals surface area contributed by atoms with Gasteiger partial charge in [0, 0.05) is 25.1 Å². The summed E-state index contributed by atoms with van der Waals surface area (Å²) in [7, 11) is 0. The van der Waals surface area contributed by atoms with Crippen LogP contribution in [0.4, 0.5) is 13.2 Å². The number of alkyl halides is 3. The summed E-state index contributed by atoms with van der Waals surface area (Å²) in [4.78, 5) is 18.3. The first-order valence-corrected chi connectivity index (χ1v) is 9.85. The Kier molecular flexibility index (Phi) is 5.67. The minimum absolute atomic E-state index is 0.0583. The third-order valence-corrected chi connectivity index (χ3v) is 5.09. The number of halogens is 3. The van der Waals surface area contributed by atoms with Gasteiger partial charge in [-0.15, -0.1) is 0 Å². The molecule has 0 radical (unpaired) electrons. The van der Waals surface area contributed by atoms with Gasteiger partial charge in [0.15, 0.2) is 0 Å². The maximum atomic E-state index is 13.3. The molecular formula is C22H20F3N3O3. The summed E-state index contributed by atoms with van der Waals surface area (Å²) in [5.41, 5.74) is 0.0321. The van der Waals surface area contributed by atoms with Gasteiger partial charge in [0.2, 0.25) is 17.6 Å². The van der Waals surface area contributed by atoms with Gasteiger partial charge in [-0.25, -0.2) is 0 Å². The molecule has 2 aromatic carbocycles. The maximum absolute atomic E-state index is 13.3. The summed E-state index contributed by atoms with van der Waals surface area (Å²) in [6.07, 6.45) is -4.37. The van der Waals surface area contributed by atoms with Crippen molar-refractivity contribution in [1.29, 1.82) is 0 Å². The first-order valence-electron chi connectivity index (χ1n) is 9.85. The second kappa shape index (κ2) is 8.41. The molecule has 0 aliphatic carbocycles. The quantitative estimate of drug-likeness (QED) is 0.567. The van der Waals surface area contributed by atoms with E-state index in [4.69, 9.17) is 9.26 Å². The van der Waals surface area contributed by atoms with Gasteiger partial charge in [0.25, 0.3) is 0 Å². The van der Waals surface area contributed by atoms with E-state index in [2.05, 4.69) is 10.1 Å². The van der Waals surface area contributed by atoms with Crippen LogP contribution in [-0.4, -0.2) is 34.1 Å². The molecule has 162 valence electrons. The van der Waals surface area contributed by atoms with Gasteiger partial charge in [-0.05, 0) is 30.7 Å². The Morgan fingerprint density at radius 2 is 2.00 bits per heavy atom. The van der Waals surface area contributed by atoms with Crippen LogP contribution in [0.15, 0.2) is 53.1 Å². The molecule has 0 saturated carbocycles. The number of aromatic nitrogens is 2. The third-order valence-electron chi connectivity index (χ3n) is 5.09. The Morgan fingerprint density at radius 3 is 2.77 bits per heavy atom. The van der Waals surface area contributed by atoms with Crippen molar-refractivity contribution < 1.29 is 27.2 Å². The van der Waals surface area contributed by atoms with E-state index in [1.54, 1.807) is 6.07 Å². The number of carbonyl (C=O) groups excluding carboxylic acids is 1. The van der Waals surface area contributed by atoms with Crippen LogP contribution in [0.1, 0.15) is 36.3 Å². The second-order valence-corrected chi connectivity index (χ2v) is 7.25. The molecule has 1 atom stereocenters. The molecule has 1 aliphatic heterocycles. The van der Waals surface area contributed by atoms with Crippen LogP contribution in [0.3, 0.4) is 0 Å². The zero-order chi connectivity index (χ0) is 22.0. The van der Waals surface area contributed by atoms with Crippen molar-refractivity contribution in [3.05, 3.63) is 65.5 Å². The molecule has 9 heteroatoms. The number of hydrogen-bond acceptors (Lipinski definition) is 5. The molecule has 2 heterocycles. The van der Waals surface area contributed by atoms with Crippen LogP contribution in [0.25, 0.3) is 11.4 Å². The minimum atomic E-state index is -4.48. The van der Waals surface area contributed by atoms with Crippen LogP contribution < -0.4 is 4.74 Å². The molecule has 1 saturated heterocycles. The topological polar surface area (TPSA) is 68.5 Å². The van der Waals surface area contributed by atoms with Gasteiger partial charge in [0.1, 0.15) is 5.75 Å². The lowest BCUT2D eigenvalue weighted by Gasteiger charge is -2.19. The van der Waals surface area contributed by atoms with E-state index >= 15 is 0 Å². The molecule has 1 fully saturated rings. The standard InChI is InChI=1S/C22H20F3N3O3/c1-2-30-17-8-5-7-14(10-17)20-26-21(31-27-20)16-11-19(29)28(13-16)12-15-6-3-4-9-18(15)22(23,24)25/h3-10,16H,2,11-13H2,1H3. The summed E-state index contributed by atoms with van der Waals surface area (Å²) in [6.45, 7) is 2.50. The average Bonchev–Trinajstić information content (AvgIpc) is 3.36. The fourth-order valence-corrected chi connectivity index (χ4v) is 3.64. The Balaban J connectivity index is 1.49. The number of rotatable bonds is 6. The zero-order valence-corrected chi connectivity index (χ0v) is 16.7. The van der Waals surface area contributed by atoms with E-state index in [1.165, 1.54) is 23.1 Å². The van der Waals surface area contributed by atoms with Crippen molar-refractivity contribution in [2.24, 2.45) is 0 Å². The van der Waals surface area contributed by atoms with Gasteiger partial charge in [-0.1, -0.05) is 35.5 Å². The molecule has 1 unspecified atom stereocenters. The second-order valence-electron chi connectivity index (χ2n) is 7.25. The van der Waals surface area contributed by atoms with Crippen LogP contribution in [0, 0.1) is 0 Å². The lowest BCUT2D eigenvalue weighted by Crippen LogP contribution is -2.26. The third kappa shape index (κ3) is 4.55. The Morgan fingerprint density at radius 1 is 1.19 bits per heavy atom. The van der Waals surface area contributed by atoms with Crippen molar-refractivity contribution in [3.8, 4) is 17.1 Å². The van der Waals surface area contributed by atoms with Crippen molar-refractivity contribution in [2.45, 2.75) is 32.0 Å². The Labute approximate surface area is 176 Å². The van der Waals surface area contributed by atoms with Gasteiger partial charge in [-0.3, -0.25) is 4.79 Å². The first kappa shape index (κ1) is 20.9. The van der Waals surface area contributed by atoms with E-state index in [9.17, 15) is 18.0 Å². The molecular weight excluding hydrogens is 411 g/mol. The number of hydrogen-bond donors (Lipinski definition) is 0. The molecule has 1 amide bonds. The summed E-state index contributed by atoms with van der Waals surface area (Å²) >= 11 is 0. The van der Waals surface area contributed by atoms with Crippen LogP contribution in [0.2, 0.25) is 0 Å². The summed E-state index contributed by atoms with van der Waals surface area (Å²) < 4.78 is 50.6. The lowest BCUT2D eigenvalue weighted by molar-refractivity contribution is -0.139. The Hall–Kier alpha value is -3.36. The van der Waals surface area contributed by atoms with E-state index in [0.717, 1.165) is 6.07 Å². The van der Waals surface area contributed by atoms with E-state index in [0.29, 0.717) is 23.7 Å². The number of benzene rings is 2. The minimum Gasteiger partial charge on any atom is -0.494 e. The summed E-state index contributed by atoms with van der Waals surface area (Å²) in [5, 5.41) is 3.99. The molecule has 0 N–H and O–H groups in total. The largest absolute Gasteiger partial charge is 0.494 e. The smallest absolute Gasteiger partial charge is 0.416 e. The first-order chi connectivity index (χ1) is 14.8.